The first-order valence-corrected chi connectivity index (χ1v) is 7.98. The molecule has 6 heteroatoms. The molecular formula is C18H20N2O4. The summed E-state index contributed by atoms with van der Waals surface area (Å²) in [5.41, 5.74) is 0.448. The Kier molecular flexibility index (Phi) is 2.98. The summed E-state index contributed by atoms with van der Waals surface area (Å²) in [6.45, 7) is 4.12. The summed E-state index contributed by atoms with van der Waals surface area (Å²) in [4.78, 5) is 17.6. The van der Waals surface area contributed by atoms with E-state index < -0.39 is 5.60 Å². The third-order valence-corrected chi connectivity index (χ3v) is 5.62. The number of ether oxygens (including phenoxy) is 2. The number of hydrogen-bond donors (Lipinski definition) is 1. The Morgan fingerprint density at radius 3 is 2.79 bits per heavy atom. The molecule has 2 atom stereocenters. The van der Waals surface area contributed by atoms with Gasteiger partial charge in [-0.05, 0) is 17.9 Å². The molecule has 0 spiro atoms. The summed E-state index contributed by atoms with van der Waals surface area (Å²) >= 11 is 0. The lowest BCUT2D eigenvalue weighted by Crippen LogP contribution is -2.47. The van der Waals surface area contributed by atoms with Crippen molar-refractivity contribution in [3.05, 3.63) is 23.6 Å². The fourth-order valence-electron chi connectivity index (χ4n) is 4.54. The first kappa shape index (κ1) is 15.3. The van der Waals surface area contributed by atoms with E-state index in [1.165, 1.54) is 6.26 Å². The molecule has 2 unspecified atom stereocenters. The molecular weight excluding hydrogens is 308 g/mol. The topological polar surface area (TPSA) is 85.4 Å². The van der Waals surface area contributed by atoms with Crippen LogP contribution in [-0.4, -0.2) is 30.7 Å². The van der Waals surface area contributed by atoms with Crippen LogP contribution in [0.4, 0.5) is 0 Å². The molecule has 0 aromatic carbocycles. The second-order valence-corrected chi connectivity index (χ2v) is 7.27. The maximum atomic E-state index is 13.1. The predicted molar refractivity (Wildman–Crippen MR) is 87.6 cm³/mol. The number of ketones is 1. The Morgan fingerprint density at radius 1 is 1.38 bits per heavy atom. The first-order valence-electron chi connectivity index (χ1n) is 7.98. The van der Waals surface area contributed by atoms with Gasteiger partial charge in [0.2, 0.25) is 5.71 Å². The molecule has 0 saturated heterocycles. The van der Waals surface area contributed by atoms with Gasteiger partial charge in [-0.2, -0.15) is 0 Å². The fraction of sp³-hybridized carbons (Fsp3) is 0.500. The summed E-state index contributed by atoms with van der Waals surface area (Å²) in [7, 11) is 3.12. The van der Waals surface area contributed by atoms with Gasteiger partial charge in [-0.25, -0.2) is 4.98 Å². The number of pyridine rings is 1. The van der Waals surface area contributed by atoms with Crippen molar-refractivity contribution in [2.24, 2.45) is 11.3 Å². The summed E-state index contributed by atoms with van der Waals surface area (Å²) in [5.74, 6) is 0.422. The quantitative estimate of drug-likeness (QED) is 0.915. The predicted octanol–water partition coefficient (Wildman–Crippen LogP) is 3.06. The molecule has 2 aromatic rings. The van der Waals surface area contributed by atoms with Gasteiger partial charge in [0, 0.05) is 19.4 Å². The second-order valence-electron chi connectivity index (χ2n) is 7.27. The molecule has 1 fully saturated rings. The van der Waals surface area contributed by atoms with Crippen LogP contribution in [0.15, 0.2) is 16.7 Å². The number of rotatable bonds is 2. The van der Waals surface area contributed by atoms with Gasteiger partial charge in [0.15, 0.2) is 11.4 Å². The maximum Gasteiger partial charge on any atom is 0.230 e. The number of carbonyl (C=O) groups is 1. The normalized spacial score (nSPS) is 28.1. The number of carbonyl (C=O) groups excluding carboxylic acids is 1. The molecule has 2 aromatic heterocycles. The number of Topliss-reactive ketones (excluding diaryl/α,β-unsaturated/α-hetero) is 1. The number of hydrogen-bond acceptors (Lipinski definition) is 6. The molecule has 2 aliphatic rings. The molecule has 6 nitrogen and oxygen atoms in total. The molecule has 0 bridgehead atoms. The fourth-order valence-corrected chi connectivity index (χ4v) is 4.54. The van der Waals surface area contributed by atoms with Crippen LogP contribution in [-0.2, 0) is 15.1 Å². The largest absolute Gasteiger partial charge is 0.495 e. The van der Waals surface area contributed by atoms with Crippen molar-refractivity contribution in [1.29, 1.82) is 5.41 Å². The molecule has 24 heavy (non-hydrogen) atoms. The van der Waals surface area contributed by atoms with Crippen LogP contribution in [0.3, 0.4) is 0 Å². The first-order chi connectivity index (χ1) is 11.4. The van der Waals surface area contributed by atoms with Crippen molar-refractivity contribution in [2.45, 2.75) is 32.3 Å². The van der Waals surface area contributed by atoms with Gasteiger partial charge < -0.3 is 19.3 Å². The molecule has 4 rings (SSSR count). The monoisotopic (exact) mass is 328 g/mol. The number of fused-ring (bicyclic) bond motifs is 4. The second kappa shape index (κ2) is 4.66. The molecule has 1 N–H and O–H groups in total. The van der Waals surface area contributed by atoms with Gasteiger partial charge in [-0.1, -0.05) is 13.8 Å². The van der Waals surface area contributed by atoms with Crippen molar-refractivity contribution in [2.75, 3.05) is 14.2 Å². The summed E-state index contributed by atoms with van der Waals surface area (Å²) in [6, 6.07) is 1.77. The lowest BCUT2D eigenvalue weighted by molar-refractivity contribution is -0.143. The summed E-state index contributed by atoms with van der Waals surface area (Å²) in [5, 5.41) is 9.19. The van der Waals surface area contributed by atoms with Crippen LogP contribution in [0.1, 0.15) is 37.9 Å². The van der Waals surface area contributed by atoms with E-state index in [0.29, 0.717) is 46.7 Å². The Labute approximate surface area is 139 Å². The highest BCUT2D eigenvalue weighted by Crippen LogP contribution is 2.60. The number of nitrogens with zero attached hydrogens (tertiary/aromatic N) is 1. The highest BCUT2D eigenvalue weighted by atomic mass is 16.5. The average Bonchev–Trinajstić information content (AvgIpc) is 3.07. The zero-order valence-corrected chi connectivity index (χ0v) is 14.2. The SMILES string of the molecule is COc1c2c(nc3occc13)C(=N)CC1C(C)(C)CC(=O)C21OC. The van der Waals surface area contributed by atoms with Crippen LogP contribution in [0, 0.1) is 16.7 Å². The number of aromatic nitrogens is 1. The highest BCUT2D eigenvalue weighted by Gasteiger charge is 2.64. The zero-order valence-electron chi connectivity index (χ0n) is 14.2. The molecule has 1 saturated carbocycles. The molecule has 2 heterocycles. The number of furan rings is 1. The van der Waals surface area contributed by atoms with Crippen molar-refractivity contribution in [3.8, 4) is 5.75 Å². The summed E-state index contributed by atoms with van der Waals surface area (Å²) in [6.07, 6.45) is 2.39. The third-order valence-electron chi connectivity index (χ3n) is 5.62. The van der Waals surface area contributed by atoms with Crippen molar-refractivity contribution < 1.29 is 18.7 Å². The van der Waals surface area contributed by atoms with E-state index in [1.54, 1.807) is 20.3 Å². The van der Waals surface area contributed by atoms with E-state index in [9.17, 15) is 4.79 Å². The molecule has 0 radical (unpaired) electrons. The lowest BCUT2D eigenvalue weighted by Gasteiger charge is -2.42. The average molecular weight is 328 g/mol. The van der Waals surface area contributed by atoms with E-state index in [0.717, 1.165) is 0 Å². The van der Waals surface area contributed by atoms with Crippen LogP contribution in [0.2, 0.25) is 0 Å². The lowest BCUT2D eigenvalue weighted by atomic mass is 9.66. The summed E-state index contributed by atoms with van der Waals surface area (Å²) < 4.78 is 17.0. The zero-order chi connectivity index (χ0) is 17.3. The van der Waals surface area contributed by atoms with Gasteiger partial charge in [0.05, 0.1) is 35.7 Å². The minimum atomic E-state index is -1.12. The minimum absolute atomic E-state index is 0.0247. The van der Waals surface area contributed by atoms with E-state index in [2.05, 4.69) is 18.8 Å². The van der Waals surface area contributed by atoms with Gasteiger partial charge >= 0.3 is 0 Å². The van der Waals surface area contributed by atoms with Crippen LogP contribution >= 0.6 is 0 Å². The maximum absolute atomic E-state index is 13.1. The highest BCUT2D eigenvalue weighted by molar-refractivity contribution is 6.08. The molecule has 0 amide bonds. The Balaban J connectivity index is 2.14. The van der Waals surface area contributed by atoms with Crippen LogP contribution in [0.25, 0.3) is 11.1 Å². The Bertz CT molecular complexity index is 883. The van der Waals surface area contributed by atoms with Crippen LogP contribution in [0.5, 0.6) is 5.75 Å². The van der Waals surface area contributed by atoms with Crippen molar-refractivity contribution in [1.82, 2.24) is 4.98 Å². The standard InChI is InChI=1S/C18H20N2O4/c1-17(2)8-12(21)18(23-4)11(17)7-10(19)14-13(18)15(22-3)9-5-6-24-16(9)20-14/h5-6,11,19H,7-8H2,1-4H3. The molecule has 2 aliphatic carbocycles. The molecule has 126 valence electrons. The Morgan fingerprint density at radius 2 is 2.12 bits per heavy atom. The van der Waals surface area contributed by atoms with E-state index in [1.807, 2.05) is 0 Å². The smallest absolute Gasteiger partial charge is 0.230 e. The number of methoxy groups -OCH3 is 2. The van der Waals surface area contributed by atoms with Gasteiger partial charge in [0.1, 0.15) is 5.75 Å². The number of nitrogens with one attached hydrogen (secondary N) is 1. The Hall–Kier alpha value is -2.21. The van der Waals surface area contributed by atoms with Gasteiger partial charge in [-0.15, -0.1) is 0 Å². The minimum Gasteiger partial charge on any atom is -0.495 e. The van der Waals surface area contributed by atoms with Gasteiger partial charge in [0.25, 0.3) is 0 Å². The van der Waals surface area contributed by atoms with E-state index in [-0.39, 0.29) is 17.1 Å². The van der Waals surface area contributed by atoms with E-state index in [4.69, 9.17) is 19.3 Å². The molecule has 0 aliphatic heterocycles. The van der Waals surface area contributed by atoms with Gasteiger partial charge in [-0.3, -0.25) is 4.79 Å². The van der Waals surface area contributed by atoms with Crippen molar-refractivity contribution >= 4 is 22.6 Å². The third kappa shape index (κ3) is 1.61. The van der Waals surface area contributed by atoms with Crippen LogP contribution < -0.4 is 4.74 Å². The van der Waals surface area contributed by atoms with Crippen molar-refractivity contribution in [3.63, 3.8) is 0 Å². The van der Waals surface area contributed by atoms with E-state index >= 15 is 0 Å².